The topological polar surface area (TPSA) is 46.6 Å². The second kappa shape index (κ2) is 5.10. The third-order valence-corrected chi connectivity index (χ3v) is 3.94. The van der Waals surface area contributed by atoms with E-state index in [0.717, 1.165) is 10.2 Å². The molecular weight excluding hydrogens is 298 g/mol. The number of carbonyl (C=O) groups is 2. The Balaban J connectivity index is 2.33. The molecular formula is C13H14BrNO3. The summed E-state index contributed by atoms with van der Waals surface area (Å²) in [4.78, 5) is 25.3. The average molecular weight is 312 g/mol. The van der Waals surface area contributed by atoms with Crippen LogP contribution in [0.2, 0.25) is 0 Å². The summed E-state index contributed by atoms with van der Waals surface area (Å²) in [5, 5.41) is 0. The zero-order chi connectivity index (χ0) is 13.3. The predicted octanol–water partition coefficient (Wildman–Crippen LogP) is 2.36. The van der Waals surface area contributed by atoms with E-state index in [1.165, 1.54) is 7.11 Å². The van der Waals surface area contributed by atoms with Crippen LogP contribution in [0.15, 0.2) is 28.7 Å². The van der Waals surface area contributed by atoms with Gasteiger partial charge in [0.05, 0.1) is 18.7 Å². The first kappa shape index (κ1) is 13.1. The molecule has 0 bridgehead atoms. The van der Waals surface area contributed by atoms with Crippen LogP contribution in [0, 0.1) is 5.92 Å². The number of anilines is 1. The average Bonchev–Trinajstić information content (AvgIpc) is 2.65. The molecule has 1 saturated heterocycles. The molecule has 1 fully saturated rings. The monoisotopic (exact) mass is 311 g/mol. The molecule has 5 heteroatoms. The van der Waals surface area contributed by atoms with E-state index >= 15 is 0 Å². The number of benzene rings is 1. The first-order valence-corrected chi connectivity index (χ1v) is 6.50. The number of hydrogen-bond acceptors (Lipinski definition) is 3. The highest BCUT2D eigenvalue weighted by Gasteiger charge is 2.42. The van der Waals surface area contributed by atoms with Crippen LogP contribution in [-0.4, -0.2) is 25.0 Å². The summed E-state index contributed by atoms with van der Waals surface area (Å²) in [5.74, 6) is -0.773. The van der Waals surface area contributed by atoms with Crippen molar-refractivity contribution >= 4 is 33.5 Å². The SMILES string of the molecule is COC(=O)C1CC(=O)N(c2ccccc2Br)C1C. The fourth-order valence-corrected chi connectivity index (χ4v) is 2.77. The summed E-state index contributed by atoms with van der Waals surface area (Å²) in [5.41, 5.74) is 0.793. The maximum Gasteiger partial charge on any atom is 0.311 e. The molecule has 0 N–H and O–H groups in total. The van der Waals surface area contributed by atoms with Gasteiger partial charge in [-0.1, -0.05) is 12.1 Å². The van der Waals surface area contributed by atoms with Crippen molar-refractivity contribution in [2.24, 2.45) is 5.92 Å². The van der Waals surface area contributed by atoms with Crippen LogP contribution in [0.3, 0.4) is 0 Å². The zero-order valence-electron chi connectivity index (χ0n) is 10.2. The lowest BCUT2D eigenvalue weighted by Crippen LogP contribution is -2.35. The quantitative estimate of drug-likeness (QED) is 0.788. The highest BCUT2D eigenvalue weighted by molar-refractivity contribution is 9.10. The van der Waals surface area contributed by atoms with Crippen LogP contribution >= 0.6 is 15.9 Å². The summed E-state index contributed by atoms with van der Waals surface area (Å²) in [6, 6.07) is 7.30. The molecule has 1 aromatic carbocycles. The van der Waals surface area contributed by atoms with Gasteiger partial charge in [-0.2, -0.15) is 0 Å². The molecule has 2 atom stereocenters. The Labute approximate surface area is 114 Å². The molecule has 0 radical (unpaired) electrons. The third kappa shape index (κ3) is 2.14. The Bertz CT molecular complexity index is 489. The van der Waals surface area contributed by atoms with E-state index in [2.05, 4.69) is 15.9 Å². The van der Waals surface area contributed by atoms with Gasteiger partial charge in [-0.3, -0.25) is 9.59 Å². The number of amides is 1. The Hall–Kier alpha value is -1.36. The van der Waals surface area contributed by atoms with Gasteiger partial charge in [-0.05, 0) is 35.0 Å². The van der Waals surface area contributed by atoms with Crippen molar-refractivity contribution in [3.8, 4) is 0 Å². The van der Waals surface area contributed by atoms with E-state index in [9.17, 15) is 9.59 Å². The number of para-hydroxylation sites is 1. The van der Waals surface area contributed by atoms with Crippen molar-refractivity contribution in [3.63, 3.8) is 0 Å². The first-order valence-electron chi connectivity index (χ1n) is 5.70. The first-order chi connectivity index (χ1) is 8.56. The van der Waals surface area contributed by atoms with Gasteiger partial charge in [0.25, 0.3) is 0 Å². The van der Waals surface area contributed by atoms with E-state index in [1.807, 2.05) is 31.2 Å². The Morgan fingerprint density at radius 1 is 1.44 bits per heavy atom. The molecule has 1 aliphatic heterocycles. The van der Waals surface area contributed by atoms with Crippen molar-refractivity contribution < 1.29 is 14.3 Å². The van der Waals surface area contributed by atoms with Crippen LogP contribution < -0.4 is 4.90 Å². The number of hydrogen-bond donors (Lipinski definition) is 0. The molecule has 1 aliphatic rings. The van der Waals surface area contributed by atoms with Crippen molar-refractivity contribution in [3.05, 3.63) is 28.7 Å². The standard InChI is InChI=1S/C13H14BrNO3/c1-8-9(13(17)18-2)7-12(16)15(8)11-6-4-3-5-10(11)14/h3-6,8-9H,7H2,1-2H3. The van der Waals surface area contributed by atoms with Gasteiger partial charge in [0.15, 0.2) is 0 Å². The maximum absolute atomic E-state index is 12.1. The third-order valence-electron chi connectivity index (χ3n) is 3.27. The molecule has 0 aliphatic carbocycles. The fraction of sp³-hybridized carbons (Fsp3) is 0.385. The molecule has 1 amide bonds. The highest BCUT2D eigenvalue weighted by atomic mass is 79.9. The zero-order valence-corrected chi connectivity index (χ0v) is 11.8. The van der Waals surface area contributed by atoms with Gasteiger partial charge in [0.1, 0.15) is 0 Å². The lowest BCUT2D eigenvalue weighted by molar-refractivity contribution is -0.146. The van der Waals surface area contributed by atoms with Crippen LogP contribution in [0.4, 0.5) is 5.69 Å². The minimum atomic E-state index is -0.394. The molecule has 18 heavy (non-hydrogen) atoms. The van der Waals surface area contributed by atoms with E-state index in [0.29, 0.717) is 0 Å². The molecule has 0 saturated carbocycles. The molecule has 1 aromatic rings. The second-order valence-electron chi connectivity index (χ2n) is 4.29. The largest absolute Gasteiger partial charge is 0.469 e. The molecule has 0 spiro atoms. The maximum atomic E-state index is 12.1. The number of methoxy groups -OCH3 is 1. The van der Waals surface area contributed by atoms with Crippen LogP contribution in [0.5, 0.6) is 0 Å². The van der Waals surface area contributed by atoms with Crippen LogP contribution in [-0.2, 0) is 14.3 Å². The number of esters is 1. The number of carbonyl (C=O) groups excluding carboxylic acids is 2. The summed E-state index contributed by atoms with van der Waals surface area (Å²) < 4.78 is 5.58. The Kier molecular flexibility index (Phi) is 3.71. The van der Waals surface area contributed by atoms with E-state index in [-0.39, 0.29) is 24.3 Å². The lowest BCUT2D eigenvalue weighted by Gasteiger charge is -2.24. The van der Waals surface area contributed by atoms with Crippen molar-refractivity contribution in [2.45, 2.75) is 19.4 Å². The van der Waals surface area contributed by atoms with Crippen LogP contribution in [0.25, 0.3) is 0 Å². The van der Waals surface area contributed by atoms with Gasteiger partial charge < -0.3 is 9.64 Å². The van der Waals surface area contributed by atoms with Gasteiger partial charge in [-0.15, -0.1) is 0 Å². The molecule has 96 valence electrons. The van der Waals surface area contributed by atoms with Gasteiger partial charge >= 0.3 is 5.97 Å². The van der Waals surface area contributed by atoms with E-state index in [1.54, 1.807) is 4.90 Å². The van der Waals surface area contributed by atoms with E-state index in [4.69, 9.17) is 4.74 Å². The second-order valence-corrected chi connectivity index (χ2v) is 5.14. The summed E-state index contributed by atoms with van der Waals surface area (Å²) in [6.07, 6.45) is 0.204. The predicted molar refractivity (Wildman–Crippen MR) is 71.2 cm³/mol. The number of rotatable bonds is 2. The highest BCUT2D eigenvalue weighted by Crippen LogP contribution is 2.35. The summed E-state index contributed by atoms with van der Waals surface area (Å²) in [6.45, 7) is 1.87. The summed E-state index contributed by atoms with van der Waals surface area (Å²) in [7, 11) is 1.35. The number of ether oxygens (including phenoxy) is 1. The molecule has 0 aromatic heterocycles. The molecule has 2 unspecified atom stereocenters. The Morgan fingerprint density at radius 2 is 2.11 bits per heavy atom. The van der Waals surface area contributed by atoms with Gasteiger partial charge in [-0.25, -0.2) is 0 Å². The van der Waals surface area contributed by atoms with Crippen molar-refractivity contribution in [2.75, 3.05) is 12.0 Å². The van der Waals surface area contributed by atoms with E-state index < -0.39 is 5.92 Å². The normalized spacial score (nSPS) is 23.3. The van der Waals surface area contributed by atoms with Crippen LogP contribution in [0.1, 0.15) is 13.3 Å². The minimum absolute atomic E-state index is 0.0511. The fourth-order valence-electron chi connectivity index (χ4n) is 2.30. The molecule has 1 heterocycles. The Morgan fingerprint density at radius 3 is 2.72 bits per heavy atom. The van der Waals surface area contributed by atoms with Gasteiger partial charge in [0, 0.05) is 16.9 Å². The number of halogens is 1. The molecule has 4 nitrogen and oxygen atoms in total. The smallest absolute Gasteiger partial charge is 0.311 e. The van der Waals surface area contributed by atoms with Gasteiger partial charge in [0.2, 0.25) is 5.91 Å². The van der Waals surface area contributed by atoms with Crippen molar-refractivity contribution in [1.82, 2.24) is 0 Å². The minimum Gasteiger partial charge on any atom is -0.469 e. The summed E-state index contributed by atoms with van der Waals surface area (Å²) >= 11 is 3.43. The molecule has 2 rings (SSSR count). The number of nitrogens with zero attached hydrogens (tertiary/aromatic N) is 1. The van der Waals surface area contributed by atoms with Crippen molar-refractivity contribution in [1.29, 1.82) is 0 Å². The lowest BCUT2D eigenvalue weighted by atomic mass is 10.0.